The number of hydrazine groups is 1. The van der Waals surface area contributed by atoms with Gasteiger partial charge in [-0.25, -0.2) is 10.8 Å². The average Bonchev–Trinajstić information content (AvgIpc) is 2.46. The van der Waals surface area contributed by atoms with Crippen LogP contribution in [-0.4, -0.2) is 40.4 Å². The Balaban J connectivity index is 1.84. The van der Waals surface area contributed by atoms with E-state index in [1.807, 2.05) is 4.90 Å². The first-order valence-corrected chi connectivity index (χ1v) is 6.10. The van der Waals surface area contributed by atoms with E-state index in [9.17, 15) is 4.79 Å². The Labute approximate surface area is 106 Å². The first-order valence-electron chi connectivity index (χ1n) is 6.10. The van der Waals surface area contributed by atoms with Crippen LogP contribution >= 0.6 is 0 Å². The highest BCUT2D eigenvalue weighted by molar-refractivity contribution is 5.80. The van der Waals surface area contributed by atoms with Crippen LogP contribution in [0.2, 0.25) is 0 Å². The lowest BCUT2D eigenvalue weighted by molar-refractivity contribution is -0.130. The predicted molar refractivity (Wildman–Crippen MR) is 68.8 cm³/mol. The highest BCUT2D eigenvalue weighted by atomic mass is 16.2. The Morgan fingerprint density at radius 2 is 2.00 bits per heavy atom. The summed E-state index contributed by atoms with van der Waals surface area (Å²) in [6.45, 7) is 1.95. The SMILES string of the molecule is NNc1cncc(NCC(=O)N2CCCCC2)n1. The fourth-order valence-corrected chi connectivity index (χ4v) is 1.94. The van der Waals surface area contributed by atoms with Crippen molar-refractivity contribution < 1.29 is 4.79 Å². The fraction of sp³-hybridized carbons (Fsp3) is 0.545. The van der Waals surface area contributed by atoms with Crippen molar-refractivity contribution >= 4 is 17.5 Å². The van der Waals surface area contributed by atoms with Crippen LogP contribution in [0.3, 0.4) is 0 Å². The second-order valence-corrected chi connectivity index (χ2v) is 4.23. The summed E-state index contributed by atoms with van der Waals surface area (Å²) in [4.78, 5) is 21.9. The molecule has 0 bridgehead atoms. The van der Waals surface area contributed by atoms with Gasteiger partial charge in [0.25, 0.3) is 0 Å². The number of amides is 1. The Hall–Kier alpha value is -1.89. The van der Waals surface area contributed by atoms with Gasteiger partial charge in [-0.2, -0.15) is 0 Å². The molecule has 0 aromatic carbocycles. The second kappa shape index (κ2) is 6.15. The van der Waals surface area contributed by atoms with Crippen molar-refractivity contribution in [3.05, 3.63) is 12.4 Å². The molecule has 1 aromatic rings. The summed E-state index contributed by atoms with van der Waals surface area (Å²) >= 11 is 0. The predicted octanol–water partition coefficient (Wildman–Crippen LogP) is 0.187. The van der Waals surface area contributed by atoms with Crippen LogP contribution in [0.4, 0.5) is 11.6 Å². The lowest BCUT2D eigenvalue weighted by Crippen LogP contribution is -2.39. The minimum absolute atomic E-state index is 0.0996. The van der Waals surface area contributed by atoms with Gasteiger partial charge in [0.15, 0.2) is 5.82 Å². The molecule has 0 radical (unpaired) electrons. The van der Waals surface area contributed by atoms with Crippen molar-refractivity contribution in [2.45, 2.75) is 19.3 Å². The van der Waals surface area contributed by atoms with E-state index in [0.717, 1.165) is 25.9 Å². The summed E-state index contributed by atoms with van der Waals surface area (Å²) < 4.78 is 0. The van der Waals surface area contributed by atoms with Crippen LogP contribution in [0.25, 0.3) is 0 Å². The first kappa shape index (κ1) is 12.6. The fourth-order valence-electron chi connectivity index (χ4n) is 1.94. The Morgan fingerprint density at radius 3 is 2.72 bits per heavy atom. The number of carbonyl (C=O) groups is 1. The van der Waals surface area contributed by atoms with Crippen molar-refractivity contribution in [3.63, 3.8) is 0 Å². The molecule has 2 rings (SSSR count). The van der Waals surface area contributed by atoms with Gasteiger partial charge in [-0.15, -0.1) is 0 Å². The summed E-state index contributed by atoms with van der Waals surface area (Å²) in [5.74, 6) is 6.34. The van der Waals surface area contributed by atoms with E-state index in [4.69, 9.17) is 5.84 Å². The monoisotopic (exact) mass is 250 g/mol. The number of piperidine rings is 1. The van der Waals surface area contributed by atoms with Gasteiger partial charge in [-0.3, -0.25) is 9.78 Å². The Morgan fingerprint density at radius 1 is 1.28 bits per heavy atom. The van der Waals surface area contributed by atoms with Crippen molar-refractivity contribution in [2.75, 3.05) is 30.4 Å². The molecule has 1 fully saturated rings. The van der Waals surface area contributed by atoms with E-state index < -0.39 is 0 Å². The normalized spacial score (nSPS) is 15.3. The third-order valence-electron chi connectivity index (χ3n) is 2.91. The molecule has 0 aliphatic carbocycles. The first-order chi connectivity index (χ1) is 8.79. The van der Waals surface area contributed by atoms with Crippen LogP contribution in [0.1, 0.15) is 19.3 Å². The molecule has 7 nitrogen and oxygen atoms in total. The Kier molecular flexibility index (Phi) is 4.30. The van der Waals surface area contributed by atoms with Crippen LogP contribution in [0, 0.1) is 0 Å². The van der Waals surface area contributed by atoms with Gasteiger partial charge < -0.3 is 15.6 Å². The molecule has 0 atom stereocenters. The van der Waals surface area contributed by atoms with Gasteiger partial charge in [-0.05, 0) is 19.3 Å². The van der Waals surface area contributed by atoms with Gasteiger partial charge >= 0.3 is 0 Å². The quantitative estimate of drug-likeness (QED) is 0.521. The van der Waals surface area contributed by atoms with Crippen LogP contribution in [0.5, 0.6) is 0 Å². The number of nitrogens with two attached hydrogens (primary N) is 1. The van der Waals surface area contributed by atoms with E-state index >= 15 is 0 Å². The number of likely N-dealkylation sites (tertiary alicyclic amines) is 1. The molecule has 0 unspecified atom stereocenters. The second-order valence-electron chi connectivity index (χ2n) is 4.23. The Bertz CT molecular complexity index is 404. The summed E-state index contributed by atoms with van der Waals surface area (Å²) in [5.41, 5.74) is 2.41. The zero-order chi connectivity index (χ0) is 12.8. The topological polar surface area (TPSA) is 96.2 Å². The van der Waals surface area contributed by atoms with Crippen LogP contribution in [0.15, 0.2) is 12.4 Å². The molecule has 0 spiro atoms. The minimum Gasteiger partial charge on any atom is -0.360 e. The van der Waals surface area contributed by atoms with E-state index in [1.165, 1.54) is 12.6 Å². The third-order valence-corrected chi connectivity index (χ3v) is 2.91. The number of nitrogens with zero attached hydrogens (tertiary/aromatic N) is 3. The largest absolute Gasteiger partial charge is 0.360 e. The maximum Gasteiger partial charge on any atom is 0.241 e. The van der Waals surface area contributed by atoms with Crippen molar-refractivity contribution in [1.29, 1.82) is 0 Å². The van der Waals surface area contributed by atoms with Crippen LogP contribution < -0.4 is 16.6 Å². The van der Waals surface area contributed by atoms with Crippen molar-refractivity contribution in [1.82, 2.24) is 14.9 Å². The highest BCUT2D eigenvalue weighted by Crippen LogP contribution is 2.09. The van der Waals surface area contributed by atoms with E-state index in [-0.39, 0.29) is 12.5 Å². The standard InChI is InChI=1S/C11H18N6O/c12-16-10-7-13-6-9(15-10)14-8-11(18)17-4-2-1-3-5-17/h6-7H,1-5,8,12H2,(H2,14,15,16). The molecule has 18 heavy (non-hydrogen) atoms. The average molecular weight is 250 g/mol. The van der Waals surface area contributed by atoms with E-state index in [2.05, 4.69) is 20.7 Å². The molecule has 7 heteroatoms. The molecule has 2 heterocycles. The summed E-state index contributed by atoms with van der Waals surface area (Å²) in [5, 5.41) is 2.96. The lowest BCUT2D eigenvalue weighted by Gasteiger charge is -2.26. The number of hydrogen-bond donors (Lipinski definition) is 3. The minimum atomic E-state index is 0.0996. The van der Waals surface area contributed by atoms with Gasteiger partial charge in [0.05, 0.1) is 18.9 Å². The highest BCUT2D eigenvalue weighted by Gasteiger charge is 2.15. The van der Waals surface area contributed by atoms with Gasteiger partial charge in [0, 0.05) is 13.1 Å². The van der Waals surface area contributed by atoms with E-state index in [0.29, 0.717) is 11.6 Å². The van der Waals surface area contributed by atoms with E-state index in [1.54, 1.807) is 6.20 Å². The molecule has 0 saturated carbocycles. The number of rotatable bonds is 4. The molecular weight excluding hydrogens is 232 g/mol. The number of anilines is 2. The number of carbonyl (C=O) groups excluding carboxylic acids is 1. The summed E-state index contributed by atoms with van der Waals surface area (Å²) in [7, 11) is 0. The number of nitrogens with one attached hydrogen (secondary N) is 2. The number of nitrogen functional groups attached to an aromatic ring is 1. The molecule has 1 amide bonds. The van der Waals surface area contributed by atoms with Crippen molar-refractivity contribution in [2.24, 2.45) is 5.84 Å². The number of hydrogen-bond acceptors (Lipinski definition) is 6. The zero-order valence-electron chi connectivity index (χ0n) is 10.2. The molecule has 98 valence electrons. The van der Waals surface area contributed by atoms with Crippen LogP contribution in [-0.2, 0) is 4.79 Å². The number of aromatic nitrogens is 2. The third kappa shape index (κ3) is 3.30. The molecule has 1 aromatic heterocycles. The maximum absolute atomic E-state index is 11.9. The molecule has 1 aliphatic heterocycles. The maximum atomic E-state index is 11.9. The summed E-state index contributed by atoms with van der Waals surface area (Å²) in [6.07, 6.45) is 6.48. The van der Waals surface area contributed by atoms with Gasteiger partial charge in [-0.1, -0.05) is 0 Å². The smallest absolute Gasteiger partial charge is 0.241 e. The molecule has 4 N–H and O–H groups in total. The zero-order valence-corrected chi connectivity index (χ0v) is 10.2. The molecule has 1 saturated heterocycles. The van der Waals surface area contributed by atoms with Gasteiger partial charge in [0.2, 0.25) is 5.91 Å². The molecular formula is C11H18N6O. The van der Waals surface area contributed by atoms with Crippen molar-refractivity contribution in [3.8, 4) is 0 Å². The molecule has 1 aliphatic rings. The summed E-state index contributed by atoms with van der Waals surface area (Å²) in [6, 6.07) is 0. The lowest BCUT2D eigenvalue weighted by atomic mass is 10.1. The van der Waals surface area contributed by atoms with Gasteiger partial charge in [0.1, 0.15) is 5.82 Å².